The van der Waals surface area contributed by atoms with Gasteiger partial charge in [-0.15, -0.1) is 0 Å². The van der Waals surface area contributed by atoms with E-state index in [2.05, 4.69) is 39.5 Å². The van der Waals surface area contributed by atoms with Crippen LogP contribution in [0.5, 0.6) is 0 Å². The van der Waals surface area contributed by atoms with Crippen LogP contribution in [0.3, 0.4) is 0 Å². The zero-order valence-electron chi connectivity index (χ0n) is 6.83. The summed E-state index contributed by atoms with van der Waals surface area (Å²) >= 11 is 0. The molecule has 0 bridgehead atoms. The van der Waals surface area contributed by atoms with Gasteiger partial charge < -0.3 is 3.88 Å². The fourth-order valence-corrected chi connectivity index (χ4v) is 1.65. The van der Waals surface area contributed by atoms with E-state index < -0.39 is 8.59 Å². The average molecular weight is 177 g/mol. The summed E-state index contributed by atoms with van der Waals surface area (Å²) in [4.78, 5) is 0. The molecule has 0 spiro atoms. The minimum atomic E-state index is -0.418. The van der Waals surface area contributed by atoms with Gasteiger partial charge in [-0.1, -0.05) is 18.2 Å². The zero-order valence-corrected chi connectivity index (χ0v) is 8.83. The molecule has 0 saturated carbocycles. The highest BCUT2D eigenvalue weighted by molar-refractivity contribution is 6.41. The van der Waals surface area contributed by atoms with Crippen molar-refractivity contribution in [3.8, 4) is 0 Å². The molecule has 0 heterocycles. The Morgan fingerprint density at radius 3 is 2.18 bits per heavy atom. The maximum atomic E-state index is 3.58. The summed E-state index contributed by atoms with van der Waals surface area (Å²) in [6, 6.07) is 10.3. The molecule has 0 aliphatic carbocycles. The molecule has 0 fully saturated rings. The fourth-order valence-electron chi connectivity index (χ4n) is 0.835. The molecule has 0 N–H and O–H groups in total. The standard InChI is InChI=1S/C8H11NSi2/c1-11(2)9(10)8-6-4-3-5-7-8/h3-7H,1-2H3/q+1. The minimum Gasteiger partial charge on any atom is -0.350 e. The molecule has 0 unspecified atom stereocenters. The Bertz CT molecular complexity index is 263. The van der Waals surface area contributed by atoms with E-state index in [1.165, 1.54) is 5.69 Å². The third-order valence-corrected chi connectivity index (χ3v) is 4.21. The number of hydrogen-bond acceptors (Lipinski definition) is 0. The number of hydrogen-bond donors (Lipinski definition) is 0. The van der Waals surface area contributed by atoms with Crippen LogP contribution in [0.1, 0.15) is 0 Å². The second-order valence-electron chi connectivity index (χ2n) is 2.62. The molecule has 1 rings (SSSR count). The minimum absolute atomic E-state index is 0.418. The molecule has 1 aromatic carbocycles. The quantitative estimate of drug-likeness (QED) is 0.577. The fraction of sp³-hybridized carbons (Fsp3) is 0.250. The molecule has 3 heteroatoms. The maximum Gasteiger partial charge on any atom is 0.532 e. The van der Waals surface area contributed by atoms with Crippen LogP contribution < -0.4 is 0 Å². The monoisotopic (exact) mass is 177 g/mol. The van der Waals surface area contributed by atoms with Gasteiger partial charge in [-0.2, -0.15) is 0 Å². The van der Waals surface area contributed by atoms with Crippen molar-refractivity contribution in [1.82, 2.24) is 0 Å². The molecule has 0 amide bonds. The van der Waals surface area contributed by atoms with Crippen LogP contribution in [0.2, 0.25) is 13.1 Å². The Morgan fingerprint density at radius 1 is 1.18 bits per heavy atom. The lowest BCUT2D eigenvalue weighted by Crippen LogP contribution is -2.08. The Morgan fingerprint density at radius 2 is 1.73 bits per heavy atom. The van der Waals surface area contributed by atoms with Crippen LogP contribution in [0.15, 0.2) is 30.3 Å². The summed E-state index contributed by atoms with van der Waals surface area (Å²) in [5.41, 5.74) is 1.24. The molecule has 55 valence electrons. The lowest BCUT2D eigenvalue weighted by Gasteiger charge is -1.97. The molecule has 1 nitrogen and oxygen atoms in total. The van der Waals surface area contributed by atoms with Crippen molar-refractivity contribution in [2.45, 2.75) is 13.1 Å². The molecule has 11 heavy (non-hydrogen) atoms. The smallest absolute Gasteiger partial charge is 0.350 e. The van der Waals surface area contributed by atoms with Crippen molar-refractivity contribution in [3.63, 3.8) is 0 Å². The predicted molar refractivity (Wildman–Crippen MR) is 49.6 cm³/mol. The normalized spacial score (nSPS) is 9.36. The first-order valence-corrected chi connectivity index (χ1v) is 6.48. The first-order chi connectivity index (χ1) is 5.22. The van der Waals surface area contributed by atoms with Gasteiger partial charge in [0.2, 0.25) is 0 Å². The van der Waals surface area contributed by atoms with Crippen LogP contribution in [0.25, 0.3) is 0 Å². The zero-order chi connectivity index (χ0) is 8.27. The van der Waals surface area contributed by atoms with Crippen LogP contribution in [0.4, 0.5) is 5.69 Å². The Kier molecular flexibility index (Phi) is 2.90. The van der Waals surface area contributed by atoms with E-state index in [-0.39, 0.29) is 0 Å². The number of para-hydroxylation sites is 1. The van der Waals surface area contributed by atoms with Crippen molar-refractivity contribution in [3.05, 3.63) is 30.3 Å². The van der Waals surface area contributed by atoms with Gasteiger partial charge in [-0.25, -0.2) is 0 Å². The average Bonchev–Trinajstić information content (AvgIpc) is 2.05. The largest absolute Gasteiger partial charge is 0.532 e. The van der Waals surface area contributed by atoms with Crippen molar-refractivity contribution < 1.29 is 3.88 Å². The Hall–Kier alpha value is -0.546. The highest BCUT2D eigenvalue weighted by atomic mass is 28.3. The molecule has 0 saturated heterocycles. The highest BCUT2D eigenvalue weighted by Gasteiger charge is 2.03. The Labute approximate surface area is 72.5 Å². The van der Waals surface area contributed by atoms with Crippen LogP contribution in [0, 0.1) is 0 Å². The lowest BCUT2D eigenvalue weighted by molar-refractivity contribution is -0.254. The molecular formula is C8H11NSi2+. The van der Waals surface area contributed by atoms with Crippen molar-refractivity contribution in [2.75, 3.05) is 0 Å². The van der Waals surface area contributed by atoms with E-state index in [4.69, 9.17) is 0 Å². The van der Waals surface area contributed by atoms with Crippen LogP contribution in [-0.2, 0) is 0 Å². The predicted octanol–water partition coefficient (Wildman–Crippen LogP) is 1.93. The van der Waals surface area contributed by atoms with Gasteiger partial charge in [0.15, 0.2) is 5.69 Å². The number of rotatable bonds is 1. The SMILES string of the molecule is C[Si](C)=[N+]([Si])c1ccccc1. The van der Waals surface area contributed by atoms with E-state index in [0.717, 1.165) is 0 Å². The second kappa shape index (κ2) is 3.73. The van der Waals surface area contributed by atoms with E-state index in [9.17, 15) is 0 Å². The molecule has 0 aliphatic heterocycles. The van der Waals surface area contributed by atoms with Gasteiger partial charge in [0, 0.05) is 25.2 Å². The van der Waals surface area contributed by atoms with Crippen LogP contribution in [-0.4, -0.2) is 22.9 Å². The summed E-state index contributed by atoms with van der Waals surface area (Å²) in [6.07, 6.45) is 0. The molecule has 0 atom stereocenters. The van der Waals surface area contributed by atoms with Gasteiger partial charge in [-0.05, 0) is 0 Å². The van der Waals surface area contributed by atoms with Crippen LogP contribution >= 0.6 is 0 Å². The van der Waals surface area contributed by atoms with Crippen molar-refractivity contribution >= 4 is 24.7 Å². The van der Waals surface area contributed by atoms with E-state index in [1.807, 2.05) is 18.2 Å². The summed E-state index contributed by atoms with van der Waals surface area (Å²) in [6.45, 7) is 4.48. The number of benzene rings is 1. The van der Waals surface area contributed by atoms with Gasteiger partial charge in [0.05, 0.1) is 0 Å². The van der Waals surface area contributed by atoms with Gasteiger partial charge >= 0.3 is 19.0 Å². The first-order valence-electron chi connectivity index (χ1n) is 3.58. The number of nitrogens with zero attached hydrogens (tertiary/aromatic N) is 1. The Balaban J connectivity index is 3.04. The van der Waals surface area contributed by atoms with Crippen molar-refractivity contribution in [1.29, 1.82) is 0 Å². The van der Waals surface area contributed by atoms with Gasteiger partial charge in [0.1, 0.15) is 0 Å². The molecule has 1 aromatic rings. The van der Waals surface area contributed by atoms with Gasteiger partial charge in [0.25, 0.3) is 0 Å². The summed E-state index contributed by atoms with van der Waals surface area (Å²) < 4.78 is 2.16. The molecular weight excluding hydrogens is 166 g/mol. The maximum absolute atomic E-state index is 3.58. The van der Waals surface area contributed by atoms with Crippen molar-refractivity contribution in [2.24, 2.45) is 0 Å². The van der Waals surface area contributed by atoms with E-state index in [1.54, 1.807) is 0 Å². The first kappa shape index (κ1) is 8.55. The summed E-state index contributed by atoms with van der Waals surface area (Å²) in [5.74, 6) is 0. The third-order valence-electron chi connectivity index (χ3n) is 1.46. The highest BCUT2D eigenvalue weighted by Crippen LogP contribution is 2.07. The summed E-state index contributed by atoms with van der Waals surface area (Å²) in [5, 5.41) is 0. The lowest BCUT2D eigenvalue weighted by atomic mass is 10.3. The second-order valence-corrected chi connectivity index (χ2v) is 5.85. The third kappa shape index (κ3) is 2.20. The molecule has 3 radical (unpaired) electrons. The van der Waals surface area contributed by atoms with E-state index in [0.29, 0.717) is 0 Å². The summed E-state index contributed by atoms with van der Waals surface area (Å²) in [7, 11) is 3.16. The topological polar surface area (TPSA) is 3.01 Å². The van der Waals surface area contributed by atoms with Gasteiger partial charge in [-0.3, -0.25) is 0 Å². The molecule has 0 aromatic heterocycles. The molecule has 0 aliphatic rings. The van der Waals surface area contributed by atoms with E-state index >= 15 is 0 Å².